The van der Waals surface area contributed by atoms with E-state index in [1.807, 2.05) is 18.2 Å². The summed E-state index contributed by atoms with van der Waals surface area (Å²) in [6.45, 7) is 4.48. The number of benzene rings is 2. The summed E-state index contributed by atoms with van der Waals surface area (Å²) in [6.07, 6.45) is 0. The molecular formula is C17H17BrF2N2. The van der Waals surface area contributed by atoms with Gasteiger partial charge in [0.05, 0.1) is 0 Å². The van der Waals surface area contributed by atoms with Crippen LogP contribution in [-0.4, -0.2) is 31.1 Å². The molecule has 0 bridgehead atoms. The predicted molar refractivity (Wildman–Crippen MR) is 88.0 cm³/mol. The van der Waals surface area contributed by atoms with Crippen LogP contribution >= 0.6 is 15.9 Å². The van der Waals surface area contributed by atoms with Crippen molar-refractivity contribution in [2.24, 2.45) is 0 Å². The monoisotopic (exact) mass is 366 g/mol. The van der Waals surface area contributed by atoms with Gasteiger partial charge >= 0.3 is 0 Å². The van der Waals surface area contributed by atoms with E-state index in [4.69, 9.17) is 0 Å². The molecule has 0 aromatic heterocycles. The van der Waals surface area contributed by atoms with Gasteiger partial charge < -0.3 is 4.90 Å². The molecule has 116 valence electrons. The van der Waals surface area contributed by atoms with Gasteiger partial charge in [-0.2, -0.15) is 0 Å². The van der Waals surface area contributed by atoms with Crippen LogP contribution in [-0.2, 0) is 6.54 Å². The molecule has 2 aromatic rings. The average molecular weight is 367 g/mol. The van der Waals surface area contributed by atoms with Crippen LogP contribution < -0.4 is 4.90 Å². The molecule has 2 aromatic carbocycles. The predicted octanol–water partition coefficient (Wildman–Crippen LogP) is 4.05. The molecule has 1 aliphatic heterocycles. The van der Waals surface area contributed by atoms with Crippen LogP contribution in [0.4, 0.5) is 14.5 Å². The Bertz CT molecular complexity index is 638. The number of nitrogens with zero attached hydrogens (tertiary/aromatic N) is 2. The van der Waals surface area contributed by atoms with Gasteiger partial charge in [-0.15, -0.1) is 0 Å². The number of halogens is 3. The molecule has 0 spiro atoms. The first-order valence-electron chi connectivity index (χ1n) is 7.28. The summed E-state index contributed by atoms with van der Waals surface area (Å²) in [5.74, 6) is -0.430. The van der Waals surface area contributed by atoms with E-state index in [0.717, 1.165) is 48.4 Å². The Morgan fingerprint density at radius 1 is 0.864 bits per heavy atom. The molecule has 0 unspecified atom stereocenters. The first kappa shape index (κ1) is 15.4. The van der Waals surface area contributed by atoms with Crippen LogP contribution in [0.2, 0.25) is 0 Å². The summed E-state index contributed by atoms with van der Waals surface area (Å²) < 4.78 is 26.9. The molecule has 3 rings (SSSR count). The minimum absolute atomic E-state index is 0.205. The summed E-state index contributed by atoms with van der Waals surface area (Å²) in [5.41, 5.74) is 2.15. The van der Waals surface area contributed by atoms with Crippen molar-refractivity contribution in [1.29, 1.82) is 0 Å². The van der Waals surface area contributed by atoms with Crippen molar-refractivity contribution in [2.75, 3.05) is 31.1 Å². The molecule has 0 aliphatic carbocycles. The minimum Gasteiger partial charge on any atom is -0.369 e. The summed E-state index contributed by atoms with van der Waals surface area (Å²) in [4.78, 5) is 4.60. The van der Waals surface area contributed by atoms with E-state index >= 15 is 0 Å². The van der Waals surface area contributed by atoms with Crippen molar-refractivity contribution in [3.63, 3.8) is 0 Å². The molecule has 1 fully saturated rings. The van der Waals surface area contributed by atoms with E-state index < -0.39 is 0 Å². The third-order valence-corrected chi connectivity index (χ3v) is 4.71. The molecule has 1 heterocycles. The van der Waals surface area contributed by atoms with Crippen LogP contribution in [0.25, 0.3) is 0 Å². The van der Waals surface area contributed by atoms with Gasteiger partial charge in [0.15, 0.2) is 0 Å². The summed E-state index contributed by atoms with van der Waals surface area (Å²) in [7, 11) is 0. The molecule has 1 saturated heterocycles. The van der Waals surface area contributed by atoms with Gasteiger partial charge in [0.25, 0.3) is 0 Å². The van der Waals surface area contributed by atoms with Gasteiger partial charge in [-0.3, -0.25) is 4.90 Å². The molecule has 2 nitrogen and oxygen atoms in total. The smallest absolute Gasteiger partial charge is 0.124 e. The van der Waals surface area contributed by atoms with E-state index in [2.05, 4.69) is 25.7 Å². The van der Waals surface area contributed by atoms with Crippen molar-refractivity contribution in [1.82, 2.24) is 4.90 Å². The molecule has 5 heteroatoms. The zero-order chi connectivity index (χ0) is 15.5. The van der Waals surface area contributed by atoms with Crippen LogP contribution in [0.3, 0.4) is 0 Å². The Balaban J connectivity index is 1.58. The van der Waals surface area contributed by atoms with Crippen molar-refractivity contribution >= 4 is 21.6 Å². The summed E-state index contributed by atoms with van der Waals surface area (Å²) in [6, 6.07) is 11.5. The first-order valence-corrected chi connectivity index (χ1v) is 8.08. The van der Waals surface area contributed by atoms with Gasteiger partial charge in [0.2, 0.25) is 0 Å². The maximum absolute atomic E-state index is 13.1. The largest absolute Gasteiger partial charge is 0.369 e. The maximum atomic E-state index is 13.1. The van der Waals surface area contributed by atoms with Crippen LogP contribution in [0.15, 0.2) is 46.9 Å². The fourth-order valence-corrected chi connectivity index (χ4v) is 3.18. The Labute approximate surface area is 137 Å². The van der Waals surface area contributed by atoms with Gasteiger partial charge in [0, 0.05) is 42.9 Å². The van der Waals surface area contributed by atoms with E-state index in [1.165, 1.54) is 24.3 Å². The number of rotatable bonds is 3. The molecular weight excluding hydrogens is 350 g/mol. The lowest BCUT2D eigenvalue weighted by atomic mass is 10.2. The topological polar surface area (TPSA) is 6.48 Å². The third-order valence-electron chi connectivity index (χ3n) is 3.97. The Morgan fingerprint density at radius 3 is 2.14 bits per heavy atom. The van der Waals surface area contributed by atoms with Crippen molar-refractivity contribution < 1.29 is 8.78 Å². The SMILES string of the molecule is Fc1ccc(N2CCN(Cc3ccc(F)cc3Br)CC2)cc1. The quantitative estimate of drug-likeness (QED) is 0.808. The zero-order valence-corrected chi connectivity index (χ0v) is 13.7. The number of piperazine rings is 1. The highest BCUT2D eigenvalue weighted by atomic mass is 79.9. The molecule has 22 heavy (non-hydrogen) atoms. The fraction of sp³-hybridized carbons (Fsp3) is 0.294. The normalized spacial score (nSPS) is 16.0. The van der Waals surface area contributed by atoms with Crippen LogP contribution in [0, 0.1) is 11.6 Å². The van der Waals surface area contributed by atoms with Crippen LogP contribution in [0.5, 0.6) is 0 Å². The van der Waals surface area contributed by atoms with Gasteiger partial charge in [-0.25, -0.2) is 8.78 Å². The summed E-state index contributed by atoms with van der Waals surface area (Å²) >= 11 is 3.42. The van der Waals surface area contributed by atoms with Crippen molar-refractivity contribution in [2.45, 2.75) is 6.54 Å². The highest BCUT2D eigenvalue weighted by molar-refractivity contribution is 9.10. The first-order chi connectivity index (χ1) is 10.6. The number of hydrogen-bond donors (Lipinski definition) is 0. The molecule has 0 radical (unpaired) electrons. The molecule has 1 aliphatic rings. The van der Waals surface area contributed by atoms with Crippen molar-refractivity contribution in [3.8, 4) is 0 Å². The second kappa shape index (κ2) is 6.75. The maximum Gasteiger partial charge on any atom is 0.124 e. The standard InChI is InChI=1S/C17H17BrF2N2/c18-17-11-15(20)2-1-13(17)12-21-7-9-22(10-8-21)16-5-3-14(19)4-6-16/h1-6,11H,7-10,12H2. The number of anilines is 1. The highest BCUT2D eigenvalue weighted by Crippen LogP contribution is 2.22. The Kier molecular flexibility index (Phi) is 4.74. The van der Waals surface area contributed by atoms with E-state index in [0.29, 0.717) is 0 Å². The van der Waals surface area contributed by atoms with E-state index in [9.17, 15) is 8.78 Å². The lowest BCUT2D eigenvalue weighted by Crippen LogP contribution is -2.46. The third kappa shape index (κ3) is 3.65. The second-order valence-corrected chi connectivity index (χ2v) is 6.33. The molecule has 0 saturated carbocycles. The summed E-state index contributed by atoms with van der Waals surface area (Å²) in [5, 5.41) is 0. The fourth-order valence-electron chi connectivity index (χ4n) is 2.71. The highest BCUT2D eigenvalue weighted by Gasteiger charge is 2.18. The van der Waals surface area contributed by atoms with Gasteiger partial charge in [-0.1, -0.05) is 22.0 Å². The second-order valence-electron chi connectivity index (χ2n) is 5.48. The Morgan fingerprint density at radius 2 is 1.50 bits per heavy atom. The average Bonchev–Trinajstić information content (AvgIpc) is 2.52. The lowest BCUT2D eigenvalue weighted by molar-refractivity contribution is 0.249. The minimum atomic E-state index is -0.225. The van der Waals surface area contributed by atoms with Gasteiger partial charge in [0.1, 0.15) is 11.6 Å². The molecule has 0 atom stereocenters. The van der Waals surface area contributed by atoms with E-state index in [-0.39, 0.29) is 11.6 Å². The van der Waals surface area contributed by atoms with Crippen molar-refractivity contribution in [3.05, 3.63) is 64.1 Å². The van der Waals surface area contributed by atoms with Crippen LogP contribution in [0.1, 0.15) is 5.56 Å². The zero-order valence-electron chi connectivity index (χ0n) is 12.1. The number of hydrogen-bond acceptors (Lipinski definition) is 2. The van der Waals surface area contributed by atoms with E-state index in [1.54, 1.807) is 0 Å². The Hall–Kier alpha value is -1.46. The lowest BCUT2D eigenvalue weighted by Gasteiger charge is -2.36. The van der Waals surface area contributed by atoms with Gasteiger partial charge in [-0.05, 0) is 42.0 Å². The molecule has 0 amide bonds. The molecule has 0 N–H and O–H groups in total.